The van der Waals surface area contributed by atoms with E-state index >= 15 is 0 Å². The van der Waals surface area contributed by atoms with Crippen molar-refractivity contribution < 1.29 is 72.2 Å². The zero-order valence-electron chi connectivity index (χ0n) is 33.0. The monoisotopic (exact) mass is 1050 g/mol. The van der Waals surface area contributed by atoms with Gasteiger partial charge in [-0.05, 0) is 60.7 Å². The Balaban J connectivity index is 0.000000251. The number of carbonyl (C=O) groups is 4. The van der Waals surface area contributed by atoms with Crippen molar-refractivity contribution in [3.63, 3.8) is 0 Å². The fourth-order valence-electron chi connectivity index (χ4n) is 5.67. The minimum Gasteiger partial charge on any atom is -0.478 e. The van der Waals surface area contributed by atoms with Crippen LogP contribution in [0.4, 0.5) is 37.7 Å². The lowest BCUT2D eigenvalue weighted by atomic mass is 10.0. The van der Waals surface area contributed by atoms with Gasteiger partial charge in [0.25, 0.3) is 20.0 Å². The zero-order valence-corrected chi connectivity index (χ0v) is 37.7. The number of carbonyl (C=O) groups excluding carboxylic acids is 3. The van der Waals surface area contributed by atoms with Crippen molar-refractivity contribution in [2.24, 2.45) is 0 Å². The number of carboxylic acids is 1. The molecule has 0 fully saturated rings. The normalized spacial score (nSPS) is 11.7. The van der Waals surface area contributed by atoms with E-state index in [1.165, 1.54) is 48.5 Å². The lowest BCUT2D eigenvalue weighted by molar-refractivity contribution is -0.138. The van der Waals surface area contributed by atoms with Crippen molar-refractivity contribution in [1.82, 2.24) is 9.97 Å². The summed E-state index contributed by atoms with van der Waals surface area (Å²) in [5.41, 5.74) is -5.46. The van der Waals surface area contributed by atoms with Gasteiger partial charge in [0.15, 0.2) is 0 Å². The average Bonchev–Trinajstić information content (AvgIpc) is 3.25. The molecule has 2 aromatic heterocycles. The number of aromatic nitrogens is 2. The summed E-state index contributed by atoms with van der Waals surface area (Å²) in [6.07, 6.45) is -7.72. The standard InChI is InChI=1S/C21H13Cl2F3N2O5S.C20H11Cl2F3N2O5S/c1-33-20(30)14-5-3-2-4-13(14)19(29)18-17(8-11(22)10-27-18)28-34(31,32)12-6-7-16(23)15(9-12)21(24,25)26;21-10-7-16(17(26-9-10)18(28)12-3-1-2-4-13(12)19(29)30)27-33(31,32)11-5-6-15(22)14(8-11)20(23,24)25/h2-10,28H,1H3;1-9,27H,(H,29,30). The summed E-state index contributed by atoms with van der Waals surface area (Å²) in [5, 5.41) is 7.76. The van der Waals surface area contributed by atoms with Gasteiger partial charge in [0.05, 0.1) is 70.6 Å². The molecule has 0 amide bonds. The van der Waals surface area contributed by atoms with Gasteiger partial charge in [0, 0.05) is 23.5 Å². The van der Waals surface area contributed by atoms with Crippen molar-refractivity contribution >= 4 is 101 Å². The maximum absolute atomic E-state index is 13.2. The number of carboxylic acid groups (broad SMARTS) is 1. The second-order valence-corrected chi connectivity index (χ2v) is 18.2. The van der Waals surface area contributed by atoms with Crippen molar-refractivity contribution in [3.05, 3.63) is 174 Å². The smallest absolute Gasteiger partial charge is 0.417 e. The fraction of sp³-hybridized carbons (Fsp3) is 0.0732. The third-order valence-corrected chi connectivity index (χ3v) is 12.5. The van der Waals surface area contributed by atoms with Crippen LogP contribution in [-0.4, -0.2) is 62.5 Å². The molecule has 0 spiro atoms. The van der Waals surface area contributed by atoms with Gasteiger partial charge in [-0.1, -0.05) is 82.8 Å². The number of nitrogens with one attached hydrogen (secondary N) is 2. The fourth-order valence-corrected chi connectivity index (χ4v) is 8.60. The molecule has 350 valence electrons. The summed E-state index contributed by atoms with van der Waals surface area (Å²) >= 11 is 22.8. The summed E-state index contributed by atoms with van der Waals surface area (Å²) < 4.78 is 139. The molecule has 3 N–H and O–H groups in total. The second kappa shape index (κ2) is 20.3. The molecule has 6 rings (SSSR count). The molecule has 2 heterocycles. The van der Waals surface area contributed by atoms with E-state index in [9.17, 15) is 67.5 Å². The van der Waals surface area contributed by atoms with E-state index < -0.39 is 110 Å². The highest BCUT2D eigenvalue weighted by Crippen LogP contribution is 2.38. The number of alkyl halides is 6. The van der Waals surface area contributed by atoms with Gasteiger partial charge < -0.3 is 9.84 Å². The molecule has 0 aliphatic carbocycles. The van der Waals surface area contributed by atoms with Gasteiger partial charge in [-0.25, -0.2) is 36.4 Å². The van der Waals surface area contributed by atoms with Gasteiger partial charge in [-0.3, -0.25) is 19.0 Å². The van der Waals surface area contributed by atoms with Gasteiger partial charge in [-0.15, -0.1) is 0 Å². The largest absolute Gasteiger partial charge is 0.478 e. The van der Waals surface area contributed by atoms with Crippen LogP contribution in [0.2, 0.25) is 20.1 Å². The first-order valence-corrected chi connectivity index (χ1v) is 22.3. The molecule has 0 atom stereocenters. The number of hydrogen-bond acceptors (Lipinski definition) is 11. The molecule has 4 aromatic carbocycles. The quantitative estimate of drug-likeness (QED) is 0.0593. The number of nitrogens with zero attached hydrogens (tertiary/aromatic N) is 2. The van der Waals surface area contributed by atoms with E-state index in [0.29, 0.717) is 12.1 Å². The Morgan fingerprint density at radius 3 is 1.28 bits per heavy atom. The van der Waals surface area contributed by atoms with Crippen LogP contribution in [-0.2, 0) is 37.1 Å². The van der Waals surface area contributed by atoms with Gasteiger partial charge in [0.1, 0.15) is 11.4 Å². The molecule has 0 bridgehead atoms. The number of pyridine rings is 2. The van der Waals surface area contributed by atoms with Crippen LogP contribution >= 0.6 is 46.4 Å². The first-order valence-electron chi connectivity index (χ1n) is 17.9. The lowest BCUT2D eigenvalue weighted by Crippen LogP contribution is -2.19. The Bertz CT molecular complexity index is 3200. The van der Waals surface area contributed by atoms with E-state index in [4.69, 9.17) is 46.4 Å². The van der Waals surface area contributed by atoms with Crippen LogP contribution in [0, 0.1) is 0 Å². The van der Waals surface area contributed by atoms with Crippen molar-refractivity contribution in [3.8, 4) is 0 Å². The summed E-state index contributed by atoms with van der Waals surface area (Å²) in [6.45, 7) is 0. The Hall–Kier alpha value is -6.30. The van der Waals surface area contributed by atoms with Crippen molar-refractivity contribution in [1.29, 1.82) is 0 Å². The number of sulfonamides is 2. The maximum atomic E-state index is 13.2. The number of rotatable bonds is 12. The zero-order chi connectivity index (χ0) is 49.8. The number of hydrogen-bond donors (Lipinski definition) is 3. The highest BCUT2D eigenvalue weighted by atomic mass is 35.5. The van der Waals surface area contributed by atoms with E-state index in [2.05, 4.69) is 14.7 Å². The van der Waals surface area contributed by atoms with Crippen molar-refractivity contribution in [2.45, 2.75) is 22.1 Å². The van der Waals surface area contributed by atoms with Crippen molar-refractivity contribution in [2.75, 3.05) is 16.6 Å². The van der Waals surface area contributed by atoms with Gasteiger partial charge >= 0.3 is 24.3 Å². The molecule has 14 nitrogen and oxygen atoms in total. The highest BCUT2D eigenvalue weighted by molar-refractivity contribution is 7.93. The van der Waals surface area contributed by atoms with Crippen LogP contribution in [0.3, 0.4) is 0 Å². The second-order valence-electron chi connectivity index (χ2n) is 13.1. The van der Waals surface area contributed by atoms with E-state index in [-0.39, 0.29) is 32.3 Å². The van der Waals surface area contributed by atoms with Crippen LogP contribution < -0.4 is 9.44 Å². The number of ketones is 2. The number of esters is 1. The summed E-state index contributed by atoms with van der Waals surface area (Å²) in [6, 6.07) is 16.8. The Labute approximate surface area is 394 Å². The predicted octanol–water partition coefficient (Wildman–Crippen LogP) is 10.4. The highest BCUT2D eigenvalue weighted by Gasteiger charge is 2.36. The number of aromatic carboxylic acids is 1. The van der Waals surface area contributed by atoms with Crippen LogP contribution in [0.1, 0.15) is 63.9 Å². The third kappa shape index (κ3) is 12.2. The molecule has 6 aromatic rings. The number of methoxy groups -OCH3 is 1. The Kier molecular flexibility index (Phi) is 15.6. The van der Waals surface area contributed by atoms with Crippen LogP contribution in [0.15, 0.2) is 119 Å². The minimum atomic E-state index is -4.91. The van der Waals surface area contributed by atoms with E-state index in [0.717, 1.165) is 55.9 Å². The third-order valence-electron chi connectivity index (χ3n) is 8.71. The molecule has 0 unspecified atom stereocenters. The predicted molar refractivity (Wildman–Crippen MR) is 231 cm³/mol. The van der Waals surface area contributed by atoms with E-state index in [1.807, 2.05) is 9.44 Å². The molecule has 0 aliphatic heterocycles. The number of halogens is 10. The SMILES string of the molecule is COC(=O)c1ccccc1C(=O)c1ncc(Cl)cc1NS(=O)(=O)c1ccc(Cl)c(C(F)(F)F)c1.O=C(O)c1ccccc1C(=O)c1ncc(Cl)cc1NS(=O)(=O)c1ccc(Cl)c(C(F)(F)F)c1. The molecular formula is C41H24Cl4F6N4O10S2. The first-order chi connectivity index (χ1) is 31.2. The molecule has 0 radical (unpaired) electrons. The van der Waals surface area contributed by atoms with Crippen LogP contribution in [0.25, 0.3) is 0 Å². The number of benzene rings is 4. The van der Waals surface area contributed by atoms with Crippen LogP contribution in [0.5, 0.6) is 0 Å². The Morgan fingerprint density at radius 2 is 0.925 bits per heavy atom. The summed E-state index contributed by atoms with van der Waals surface area (Å²) in [4.78, 5) is 55.7. The molecule has 26 heteroatoms. The lowest BCUT2D eigenvalue weighted by Gasteiger charge is -2.15. The molecule has 0 aliphatic rings. The number of anilines is 2. The first kappa shape index (κ1) is 51.7. The number of ether oxygens (including phenoxy) is 1. The molecule has 0 saturated carbocycles. The Morgan fingerprint density at radius 1 is 0.567 bits per heavy atom. The van der Waals surface area contributed by atoms with Gasteiger partial charge in [-0.2, -0.15) is 26.3 Å². The van der Waals surface area contributed by atoms with Gasteiger partial charge in [0.2, 0.25) is 11.6 Å². The summed E-state index contributed by atoms with van der Waals surface area (Å²) in [7, 11) is -8.20. The topological polar surface area (TPSA) is 216 Å². The molecule has 0 saturated heterocycles. The summed E-state index contributed by atoms with van der Waals surface area (Å²) in [5.74, 6) is -4.03. The maximum Gasteiger partial charge on any atom is 0.417 e. The van der Waals surface area contributed by atoms with E-state index in [1.54, 1.807) is 0 Å². The average molecular weight is 1050 g/mol. The molecular weight excluding hydrogens is 1030 g/mol. The minimum absolute atomic E-state index is 0.0670. The molecule has 67 heavy (non-hydrogen) atoms.